The zero-order valence-corrected chi connectivity index (χ0v) is 19.4. The van der Waals surface area contributed by atoms with Crippen LogP contribution in [0.3, 0.4) is 0 Å². The molecule has 0 spiro atoms. The van der Waals surface area contributed by atoms with Crippen molar-refractivity contribution in [2.45, 2.75) is 26.7 Å². The van der Waals surface area contributed by atoms with Gasteiger partial charge in [0, 0.05) is 44.8 Å². The van der Waals surface area contributed by atoms with E-state index in [4.69, 9.17) is 11.6 Å². The van der Waals surface area contributed by atoms with Gasteiger partial charge in [0.15, 0.2) is 5.96 Å². The van der Waals surface area contributed by atoms with Crippen LogP contribution in [0.25, 0.3) is 0 Å². The van der Waals surface area contributed by atoms with Crippen LogP contribution >= 0.6 is 11.6 Å². The van der Waals surface area contributed by atoms with Gasteiger partial charge in [-0.2, -0.15) is 0 Å². The van der Waals surface area contributed by atoms with Crippen LogP contribution in [0.15, 0.2) is 53.5 Å². The smallest absolute Gasteiger partial charge is 0.253 e. The number of halogens is 1. The Morgan fingerprint density at radius 1 is 1.07 bits per heavy atom. The van der Waals surface area contributed by atoms with E-state index in [2.05, 4.69) is 35.5 Å². The van der Waals surface area contributed by atoms with Gasteiger partial charge in [0.2, 0.25) is 0 Å². The first-order chi connectivity index (χ1) is 14.2. The molecule has 0 radical (unpaired) electrons. The molecule has 2 aromatic carbocycles. The minimum absolute atomic E-state index is 0.0178. The number of aliphatic imine (C=N–C) groups is 1. The Morgan fingerprint density at radius 2 is 1.77 bits per heavy atom. The number of benzene rings is 2. The Kier molecular flexibility index (Phi) is 8.72. The van der Waals surface area contributed by atoms with Crippen molar-refractivity contribution in [2.75, 3.05) is 34.2 Å². The molecule has 5 nitrogen and oxygen atoms in total. The summed E-state index contributed by atoms with van der Waals surface area (Å²) in [5.41, 5.74) is 3.10. The third-order valence-electron chi connectivity index (χ3n) is 4.82. The lowest BCUT2D eigenvalue weighted by Gasteiger charge is -2.26. The minimum Gasteiger partial charge on any atom is -0.356 e. The van der Waals surface area contributed by atoms with E-state index < -0.39 is 0 Å². The van der Waals surface area contributed by atoms with Crippen molar-refractivity contribution in [3.8, 4) is 0 Å². The van der Waals surface area contributed by atoms with Crippen LogP contribution in [0.4, 0.5) is 0 Å². The van der Waals surface area contributed by atoms with Gasteiger partial charge in [-0.05, 0) is 53.6 Å². The molecule has 6 heteroatoms. The molecule has 0 aliphatic rings. The number of carbonyl (C=O) groups excluding carboxylic acids is 1. The largest absolute Gasteiger partial charge is 0.356 e. The van der Waals surface area contributed by atoms with Crippen molar-refractivity contribution in [3.63, 3.8) is 0 Å². The molecule has 0 saturated carbocycles. The van der Waals surface area contributed by atoms with Gasteiger partial charge >= 0.3 is 0 Å². The summed E-state index contributed by atoms with van der Waals surface area (Å²) in [5.74, 6) is 0.791. The number of carbonyl (C=O) groups is 1. The van der Waals surface area contributed by atoms with Crippen molar-refractivity contribution in [2.24, 2.45) is 10.4 Å². The predicted octanol–water partition coefficient (Wildman–Crippen LogP) is 4.02. The van der Waals surface area contributed by atoms with E-state index >= 15 is 0 Å². The first-order valence-corrected chi connectivity index (χ1v) is 10.6. The Labute approximate surface area is 185 Å². The van der Waals surface area contributed by atoms with Crippen molar-refractivity contribution < 1.29 is 4.79 Å². The summed E-state index contributed by atoms with van der Waals surface area (Å²) in [6.45, 7) is 5.96. The van der Waals surface area contributed by atoms with E-state index in [1.54, 1.807) is 26.0 Å². The first-order valence-electron chi connectivity index (χ1n) is 10.2. The van der Waals surface area contributed by atoms with Crippen LogP contribution in [-0.4, -0.2) is 51.0 Å². The molecule has 0 fully saturated rings. The molecule has 0 atom stereocenters. The molecule has 0 saturated heterocycles. The lowest BCUT2D eigenvalue weighted by molar-refractivity contribution is 0.0827. The van der Waals surface area contributed by atoms with E-state index in [9.17, 15) is 4.79 Å². The molecule has 0 heterocycles. The van der Waals surface area contributed by atoms with Crippen molar-refractivity contribution in [3.05, 3.63) is 70.2 Å². The standard InChI is InChI=1S/C24H33ClN4O/c1-24(2,16-19-9-7-11-21(25)15-19)17-28-23(26-3)27-13-12-18-8-6-10-20(14-18)22(30)29(4)5/h6-11,14-15H,12-13,16-17H2,1-5H3,(H2,26,27,28). The molecule has 162 valence electrons. The topological polar surface area (TPSA) is 56.7 Å². The van der Waals surface area contributed by atoms with Gasteiger partial charge in [-0.25, -0.2) is 0 Å². The third-order valence-corrected chi connectivity index (χ3v) is 5.05. The van der Waals surface area contributed by atoms with E-state index in [1.807, 2.05) is 42.5 Å². The van der Waals surface area contributed by atoms with E-state index in [0.717, 1.165) is 42.5 Å². The highest BCUT2D eigenvalue weighted by molar-refractivity contribution is 6.30. The number of nitrogens with one attached hydrogen (secondary N) is 2. The Balaban J connectivity index is 1.83. The zero-order valence-electron chi connectivity index (χ0n) is 18.6. The fourth-order valence-corrected chi connectivity index (χ4v) is 3.46. The molecule has 30 heavy (non-hydrogen) atoms. The minimum atomic E-state index is 0.0178. The molecular formula is C24H33ClN4O. The average Bonchev–Trinajstić information content (AvgIpc) is 2.69. The predicted molar refractivity (Wildman–Crippen MR) is 126 cm³/mol. The molecular weight excluding hydrogens is 396 g/mol. The summed E-state index contributed by atoms with van der Waals surface area (Å²) in [5, 5.41) is 7.55. The number of guanidine groups is 1. The SMILES string of the molecule is CN=C(NCCc1cccc(C(=O)N(C)C)c1)NCC(C)(C)Cc1cccc(Cl)c1. The highest BCUT2D eigenvalue weighted by Crippen LogP contribution is 2.22. The third kappa shape index (κ3) is 7.71. The first kappa shape index (κ1) is 23.7. The number of hydrogen-bond acceptors (Lipinski definition) is 2. The van der Waals surface area contributed by atoms with Crippen molar-refractivity contribution >= 4 is 23.5 Å². The monoisotopic (exact) mass is 428 g/mol. The maximum Gasteiger partial charge on any atom is 0.253 e. The fraction of sp³-hybridized carbons (Fsp3) is 0.417. The van der Waals surface area contributed by atoms with Gasteiger partial charge in [-0.1, -0.05) is 49.7 Å². The summed E-state index contributed by atoms with van der Waals surface area (Å²) in [7, 11) is 5.30. The summed E-state index contributed by atoms with van der Waals surface area (Å²) >= 11 is 6.11. The van der Waals surface area contributed by atoms with Gasteiger partial charge in [0.25, 0.3) is 5.91 Å². The second kappa shape index (κ2) is 11.0. The van der Waals surface area contributed by atoms with E-state index in [-0.39, 0.29) is 11.3 Å². The van der Waals surface area contributed by atoms with Crippen LogP contribution in [-0.2, 0) is 12.8 Å². The summed E-state index contributed by atoms with van der Waals surface area (Å²) in [4.78, 5) is 18.0. The van der Waals surface area contributed by atoms with Gasteiger partial charge in [0.05, 0.1) is 0 Å². The van der Waals surface area contributed by atoms with Crippen molar-refractivity contribution in [1.82, 2.24) is 15.5 Å². The van der Waals surface area contributed by atoms with Crippen LogP contribution in [0.5, 0.6) is 0 Å². The van der Waals surface area contributed by atoms with Gasteiger partial charge in [0.1, 0.15) is 0 Å². The molecule has 0 aliphatic carbocycles. The maximum atomic E-state index is 12.1. The Bertz CT molecular complexity index is 877. The molecule has 2 aromatic rings. The second-order valence-electron chi connectivity index (χ2n) is 8.47. The van der Waals surface area contributed by atoms with Gasteiger partial charge in [-0.3, -0.25) is 9.79 Å². The highest BCUT2D eigenvalue weighted by atomic mass is 35.5. The molecule has 2 rings (SSSR count). The molecule has 0 aromatic heterocycles. The van der Waals surface area contributed by atoms with E-state index in [1.165, 1.54) is 5.56 Å². The van der Waals surface area contributed by atoms with Gasteiger partial charge in [-0.15, -0.1) is 0 Å². The quantitative estimate of drug-likeness (QED) is 0.493. The zero-order chi connectivity index (χ0) is 22.1. The van der Waals surface area contributed by atoms with Crippen LogP contribution < -0.4 is 10.6 Å². The van der Waals surface area contributed by atoms with Gasteiger partial charge < -0.3 is 15.5 Å². The molecule has 0 unspecified atom stereocenters. The normalized spacial score (nSPS) is 11.9. The number of rotatable bonds is 8. The molecule has 2 N–H and O–H groups in total. The second-order valence-corrected chi connectivity index (χ2v) is 8.91. The summed E-state index contributed by atoms with van der Waals surface area (Å²) in [6.07, 6.45) is 1.73. The van der Waals surface area contributed by atoms with Crippen LogP contribution in [0.1, 0.15) is 35.3 Å². The summed E-state index contributed by atoms with van der Waals surface area (Å²) in [6, 6.07) is 15.8. The number of nitrogens with zero attached hydrogens (tertiary/aromatic N) is 2. The Morgan fingerprint density at radius 3 is 2.43 bits per heavy atom. The highest BCUT2D eigenvalue weighted by Gasteiger charge is 2.19. The van der Waals surface area contributed by atoms with Crippen LogP contribution in [0.2, 0.25) is 5.02 Å². The lowest BCUT2D eigenvalue weighted by atomic mass is 9.86. The number of amides is 1. The molecule has 1 amide bonds. The molecule has 0 aliphatic heterocycles. The number of hydrogen-bond donors (Lipinski definition) is 2. The summed E-state index contributed by atoms with van der Waals surface area (Å²) < 4.78 is 0. The fourth-order valence-electron chi connectivity index (χ4n) is 3.25. The Hall–Kier alpha value is -2.53. The molecule has 0 bridgehead atoms. The van der Waals surface area contributed by atoms with Crippen LogP contribution in [0, 0.1) is 5.41 Å². The lowest BCUT2D eigenvalue weighted by Crippen LogP contribution is -2.43. The average molecular weight is 429 g/mol. The van der Waals surface area contributed by atoms with Crippen molar-refractivity contribution in [1.29, 1.82) is 0 Å². The van der Waals surface area contributed by atoms with E-state index in [0.29, 0.717) is 5.56 Å². The maximum absolute atomic E-state index is 12.1.